The zero-order valence-corrected chi connectivity index (χ0v) is 18.0. The van der Waals surface area contributed by atoms with Gasteiger partial charge in [-0.2, -0.15) is 0 Å². The number of hydrogen-bond donors (Lipinski definition) is 1. The van der Waals surface area contributed by atoms with E-state index in [0.29, 0.717) is 6.61 Å². The molecule has 1 aromatic carbocycles. The molecule has 156 valence electrons. The van der Waals surface area contributed by atoms with Gasteiger partial charge in [0.15, 0.2) is 0 Å². The number of carbonyl (C=O) groups is 1. The van der Waals surface area contributed by atoms with E-state index < -0.39 is 0 Å². The Balaban J connectivity index is 1.56. The Hall–Kier alpha value is -2.60. The highest BCUT2D eigenvalue weighted by Crippen LogP contribution is 2.28. The molecule has 0 radical (unpaired) electrons. The summed E-state index contributed by atoms with van der Waals surface area (Å²) in [7, 11) is 1.69. The molecule has 1 aliphatic rings. The third-order valence-electron chi connectivity index (χ3n) is 5.03. The molecule has 2 heterocycles. The predicted octanol–water partition coefficient (Wildman–Crippen LogP) is 3.24. The van der Waals surface area contributed by atoms with Crippen molar-refractivity contribution in [1.29, 1.82) is 0 Å². The number of amides is 1. The zero-order chi connectivity index (χ0) is 21.0. The summed E-state index contributed by atoms with van der Waals surface area (Å²) >= 11 is 0. The zero-order valence-electron chi connectivity index (χ0n) is 18.0. The SMILES string of the molecule is CNC(=O)C1CN(Cc2cc(C)c(OCc3ccc(OC(C)C)cn3)c(C)c2)C1. The van der Waals surface area contributed by atoms with E-state index in [-0.39, 0.29) is 17.9 Å². The first-order valence-corrected chi connectivity index (χ1v) is 10.1. The van der Waals surface area contributed by atoms with Gasteiger partial charge in [0.2, 0.25) is 5.91 Å². The van der Waals surface area contributed by atoms with Crippen molar-refractivity contribution < 1.29 is 14.3 Å². The second kappa shape index (κ2) is 9.27. The lowest BCUT2D eigenvalue weighted by Gasteiger charge is -2.38. The summed E-state index contributed by atoms with van der Waals surface area (Å²) in [6.45, 7) is 11.0. The summed E-state index contributed by atoms with van der Waals surface area (Å²) in [5, 5.41) is 2.72. The molecule has 0 unspecified atom stereocenters. The van der Waals surface area contributed by atoms with E-state index >= 15 is 0 Å². The largest absolute Gasteiger partial charge is 0.489 e. The van der Waals surface area contributed by atoms with Crippen molar-refractivity contribution in [2.24, 2.45) is 5.92 Å². The van der Waals surface area contributed by atoms with Crippen molar-refractivity contribution in [1.82, 2.24) is 15.2 Å². The molecule has 0 bridgehead atoms. The van der Waals surface area contributed by atoms with Gasteiger partial charge in [0.1, 0.15) is 18.1 Å². The molecule has 0 aliphatic carbocycles. The second-order valence-corrected chi connectivity index (χ2v) is 8.00. The summed E-state index contributed by atoms with van der Waals surface area (Å²) < 4.78 is 11.7. The molecule has 6 heteroatoms. The van der Waals surface area contributed by atoms with Gasteiger partial charge in [-0.15, -0.1) is 0 Å². The van der Waals surface area contributed by atoms with Crippen LogP contribution in [-0.4, -0.2) is 42.0 Å². The minimum absolute atomic E-state index is 0.120. The molecule has 0 spiro atoms. The van der Waals surface area contributed by atoms with Crippen molar-refractivity contribution in [3.05, 3.63) is 52.8 Å². The summed E-state index contributed by atoms with van der Waals surface area (Å²) in [5.41, 5.74) is 4.34. The highest BCUT2D eigenvalue weighted by atomic mass is 16.5. The molecule has 1 aromatic heterocycles. The van der Waals surface area contributed by atoms with Gasteiger partial charge in [0.25, 0.3) is 0 Å². The van der Waals surface area contributed by atoms with Crippen LogP contribution in [0.4, 0.5) is 0 Å². The van der Waals surface area contributed by atoms with Crippen LogP contribution in [-0.2, 0) is 17.9 Å². The van der Waals surface area contributed by atoms with Gasteiger partial charge in [-0.1, -0.05) is 12.1 Å². The molecule has 1 amide bonds. The van der Waals surface area contributed by atoms with Crippen LogP contribution in [0.5, 0.6) is 11.5 Å². The predicted molar refractivity (Wildman–Crippen MR) is 113 cm³/mol. The number of pyridine rings is 1. The molecule has 1 N–H and O–H groups in total. The average Bonchev–Trinajstić information content (AvgIpc) is 2.64. The lowest BCUT2D eigenvalue weighted by atomic mass is 9.97. The Labute approximate surface area is 173 Å². The Morgan fingerprint density at radius 2 is 1.93 bits per heavy atom. The fourth-order valence-electron chi connectivity index (χ4n) is 3.67. The van der Waals surface area contributed by atoms with E-state index in [9.17, 15) is 4.79 Å². The maximum Gasteiger partial charge on any atom is 0.225 e. The number of nitrogens with one attached hydrogen (secondary N) is 1. The van der Waals surface area contributed by atoms with Crippen LogP contribution in [0, 0.1) is 19.8 Å². The van der Waals surface area contributed by atoms with Crippen molar-refractivity contribution >= 4 is 5.91 Å². The van der Waals surface area contributed by atoms with Crippen LogP contribution < -0.4 is 14.8 Å². The Morgan fingerprint density at radius 3 is 2.48 bits per heavy atom. The highest BCUT2D eigenvalue weighted by Gasteiger charge is 2.31. The number of likely N-dealkylation sites (tertiary alicyclic amines) is 1. The molecular formula is C23H31N3O3. The second-order valence-electron chi connectivity index (χ2n) is 8.00. The Kier molecular flexibility index (Phi) is 6.75. The first-order valence-electron chi connectivity index (χ1n) is 10.1. The monoisotopic (exact) mass is 397 g/mol. The van der Waals surface area contributed by atoms with Gasteiger partial charge in [0, 0.05) is 26.7 Å². The normalized spacial score (nSPS) is 14.6. The molecule has 0 atom stereocenters. The van der Waals surface area contributed by atoms with Crippen molar-refractivity contribution in [3.63, 3.8) is 0 Å². The first-order chi connectivity index (χ1) is 13.9. The van der Waals surface area contributed by atoms with Crippen LogP contribution in [0.25, 0.3) is 0 Å². The molecule has 1 aliphatic heterocycles. The van der Waals surface area contributed by atoms with E-state index in [1.165, 1.54) is 5.56 Å². The van der Waals surface area contributed by atoms with Gasteiger partial charge < -0.3 is 14.8 Å². The van der Waals surface area contributed by atoms with Crippen LogP contribution >= 0.6 is 0 Å². The number of aromatic nitrogens is 1. The number of carbonyl (C=O) groups excluding carboxylic acids is 1. The summed E-state index contributed by atoms with van der Waals surface area (Å²) in [6.07, 6.45) is 1.87. The number of aryl methyl sites for hydroxylation is 2. The standard InChI is InChI=1S/C23H31N3O3/c1-15(2)29-21-7-6-20(25-10-21)14-28-22-16(3)8-18(9-17(22)4)11-26-12-19(13-26)23(27)24-5/h6-10,15,19H,11-14H2,1-5H3,(H,24,27). The maximum atomic E-state index is 11.6. The third-order valence-corrected chi connectivity index (χ3v) is 5.03. The first kappa shape index (κ1) is 21.1. The Bertz CT molecular complexity index is 820. The van der Waals surface area contributed by atoms with E-state index in [4.69, 9.17) is 9.47 Å². The minimum atomic E-state index is 0.120. The molecule has 6 nitrogen and oxygen atoms in total. The quantitative estimate of drug-likeness (QED) is 0.741. The van der Waals surface area contributed by atoms with Gasteiger partial charge in [-0.3, -0.25) is 14.7 Å². The summed E-state index contributed by atoms with van der Waals surface area (Å²) in [6, 6.07) is 8.20. The molecule has 1 saturated heterocycles. The topological polar surface area (TPSA) is 63.7 Å². The van der Waals surface area contributed by atoms with Crippen LogP contribution in [0.15, 0.2) is 30.5 Å². The fourth-order valence-corrected chi connectivity index (χ4v) is 3.67. The lowest BCUT2D eigenvalue weighted by molar-refractivity contribution is -0.129. The summed E-state index contributed by atoms with van der Waals surface area (Å²) in [5.74, 6) is 1.93. The van der Waals surface area contributed by atoms with E-state index in [1.807, 2.05) is 26.0 Å². The molecule has 1 fully saturated rings. The number of rotatable bonds is 8. The van der Waals surface area contributed by atoms with Gasteiger partial charge >= 0.3 is 0 Å². The average molecular weight is 398 g/mol. The van der Waals surface area contributed by atoms with Crippen molar-refractivity contribution in [3.8, 4) is 11.5 Å². The van der Waals surface area contributed by atoms with Gasteiger partial charge in [-0.25, -0.2) is 0 Å². The molecule has 0 saturated carbocycles. The number of nitrogens with zero attached hydrogens (tertiary/aromatic N) is 2. The lowest BCUT2D eigenvalue weighted by Crippen LogP contribution is -2.52. The third kappa shape index (κ3) is 5.48. The molecule has 2 aromatic rings. The smallest absolute Gasteiger partial charge is 0.225 e. The van der Waals surface area contributed by atoms with E-state index in [0.717, 1.165) is 48.0 Å². The summed E-state index contributed by atoms with van der Waals surface area (Å²) in [4.78, 5) is 18.3. The Morgan fingerprint density at radius 1 is 1.24 bits per heavy atom. The van der Waals surface area contributed by atoms with Crippen molar-refractivity contribution in [2.75, 3.05) is 20.1 Å². The van der Waals surface area contributed by atoms with Gasteiger partial charge in [-0.05, 0) is 56.5 Å². The van der Waals surface area contributed by atoms with Gasteiger partial charge in [0.05, 0.1) is 23.9 Å². The number of ether oxygens (including phenoxy) is 2. The molecular weight excluding hydrogens is 366 g/mol. The minimum Gasteiger partial charge on any atom is -0.489 e. The van der Waals surface area contributed by atoms with E-state index in [2.05, 4.69) is 41.2 Å². The maximum absolute atomic E-state index is 11.6. The number of hydrogen-bond acceptors (Lipinski definition) is 5. The van der Waals surface area contributed by atoms with Crippen molar-refractivity contribution in [2.45, 2.75) is 47.0 Å². The van der Waals surface area contributed by atoms with Crippen LogP contribution in [0.2, 0.25) is 0 Å². The van der Waals surface area contributed by atoms with Crippen LogP contribution in [0.1, 0.15) is 36.2 Å². The fraction of sp³-hybridized carbons (Fsp3) is 0.478. The van der Waals surface area contributed by atoms with E-state index in [1.54, 1.807) is 13.2 Å². The van der Waals surface area contributed by atoms with Crippen LogP contribution in [0.3, 0.4) is 0 Å². The molecule has 3 rings (SSSR count). The molecule has 29 heavy (non-hydrogen) atoms. The highest BCUT2D eigenvalue weighted by molar-refractivity contribution is 5.79. The number of benzene rings is 1.